The predicted octanol–water partition coefficient (Wildman–Crippen LogP) is 3.10. The lowest BCUT2D eigenvalue weighted by atomic mass is 9.97. The summed E-state index contributed by atoms with van der Waals surface area (Å²) in [4.78, 5) is 12.2. The summed E-state index contributed by atoms with van der Waals surface area (Å²) in [6.07, 6.45) is 6.18. The fraction of sp³-hybridized carbons (Fsp3) is 0.733. The first-order chi connectivity index (χ1) is 9.38. The molecular weight excluding hydrogens is 254 g/mol. The monoisotopic (exact) mass is 279 g/mol. The lowest BCUT2D eigenvalue weighted by molar-refractivity contribution is 0.00244. The normalized spacial score (nSPS) is 18.0. The molecule has 0 unspecified atom stereocenters. The predicted molar refractivity (Wildman–Crippen MR) is 77.3 cm³/mol. The summed E-state index contributed by atoms with van der Waals surface area (Å²) in [5.74, 6) is 0. The van der Waals surface area contributed by atoms with Gasteiger partial charge in [-0.2, -0.15) is 5.10 Å². The van der Waals surface area contributed by atoms with Gasteiger partial charge < -0.3 is 10.1 Å². The van der Waals surface area contributed by atoms with Crippen molar-refractivity contribution in [2.45, 2.75) is 64.0 Å². The van der Waals surface area contributed by atoms with E-state index in [1.165, 1.54) is 0 Å². The number of nitrogens with one attached hydrogen (secondary N) is 1. The fourth-order valence-corrected chi connectivity index (χ4v) is 2.74. The lowest BCUT2D eigenvalue weighted by Gasteiger charge is -2.32. The molecule has 0 aliphatic heterocycles. The number of aryl methyl sites for hydroxylation is 1. The first-order valence-corrected chi connectivity index (χ1v) is 7.38. The SMILES string of the molecule is CCC(C)(C)NC(=O)OC1(c2ccnn2C)CCCC1. The summed E-state index contributed by atoms with van der Waals surface area (Å²) in [6, 6.07) is 1.95. The Balaban J connectivity index is 2.15. The van der Waals surface area contributed by atoms with Crippen molar-refractivity contribution in [1.29, 1.82) is 0 Å². The van der Waals surface area contributed by atoms with E-state index in [0.717, 1.165) is 37.8 Å². The molecule has 5 nitrogen and oxygen atoms in total. The number of hydrogen-bond donors (Lipinski definition) is 1. The average molecular weight is 279 g/mol. The smallest absolute Gasteiger partial charge is 0.408 e. The van der Waals surface area contributed by atoms with Crippen molar-refractivity contribution in [2.24, 2.45) is 7.05 Å². The van der Waals surface area contributed by atoms with E-state index < -0.39 is 5.60 Å². The Morgan fingerprint density at radius 3 is 2.65 bits per heavy atom. The molecule has 1 aliphatic carbocycles. The molecule has 1 aliphatic rings. The van der Waals surface area contributed by atoms with E-state index in [-0.39, 0.29) is 11.6 Å². The minimum absolute atomic E-state index is 0.247. The van der Waals surface area contributed by atoms with Crippen LogP contribution in [0, 0.1) is 0 Å². The molecule has 0 atom stereocenters. The molecule has 0 saturated heterocycles. The maximum atomic E-state index is 12.2. The van der Waals surface area contributed by atoms with E-state index in [9.17, 15) is 4.79 Å². The van der Waals surface area contributed by atoms with Crippen LogP contribution in [-0.4, -0.2) is 21.4 Å². The maximum absolute atomic E-state index is 12.2. The number of carbonyl (C=O) groups is 1. The van der Waals surface area contributed by atoms with E-state index in [1.807, 2.05) is 38.6 Å². The highest BCUT2D eigenvalue weighted by Crippen LogP contribution is 2.42. The van der Waals surface area contributed by atoms with Crippen LogP contribution in [0.25, 0.3) is 0 Å². The number of carbonyl (C=O) groups excluding carboxylic acids is 1. The zero-order valence-electron chi connectivity index (χ0n) is 12.9. The van der Waals surface area contributed by atoms with Crippen molar-refractivity contribution >= 4 is 6.09 Å². The second-order valence-electron chi connectivity index (χ2n) is 6.29. The van der Waals surface area contributed by atoms with Crippen LogP contribution < -0.4 is 5.32 Å². The number of amides is 1. The van der Waals surface area contributed by atoms with E-state index in [1.54, 1.807) is 6.20 Å². The van der Waals surface area contributed by atoms with E-state index in [0.29, 0.717) is 0 Å². The molecular formula is C15H25N3O2. The molecule has 0 spiro atoms. The number of aromatic nitrogens is 2. The molecule has 112 valence electrons. The van der Waals surface area contributed by atoms with Crippen LogP contribution in [0.3, 0.4) is 0 Å². The van der Waals surface area contributed by atoms with Gasteiger partial charge in [-0.15, -0.1) is 0 Å². The molecule has 5 heteroatoms. The molecule has 0 aromatic carbocycles. The third-order valence-electron chi connectivity index (χ3n) is 4.31. The highest BCUT2D eigenvalue weighted by Gasteiger charge is 2.42. The van der Waals surface area contributed by atoms with Gasteiger partial charge in [0.25, 0.3) is 0 Å². The number of nitrogens with zero attached hydrogens (tertiary/aromatic N) is 2. The van der Waals surface area contributed by atoms with Crippen molar-refractivity contribution in [1.82, 2.24) is 15.1 Å². The lowest BCUT2D eigenvalue weighted by Crippen LogP contribution is -2.46. The number of alkyl carbamates (subject to hydrolysis) is 1. The third-order valence-corrected chi connectivity index (χ3v) is 4.31. The molecule has 0 radical (unpaired) electrons. The Morgan fingerprint density at radius 1 is 1.50 bits per heavy atom. The molecule has 2 rings (SSSR count). The molecule has 20 heavy (non-hydrogen) atoms. The number of rotatable bonds is 4. The van der Waals surface area contributed by atoms with Gasteiger partial charge in [-0.1, -0.05) is 6.92 Å². The highest BCUT2D eigenvalue weighted by molar-refractivity contribution is 5.69. The minimum atomic E-state index is -0.515. The van der Waals surface area contributed by atoms with Crippen LogP contribution >= 0.6 is 0 Å². The van der Waals surface area contributed by atoms with Gasteiger partial charge >= 0.3 is 6.09 Å². The van der Waals surface area contributed by atoms with Crippen LogP contribution in [0.2, 0.25) is 0 Å². The Labute approximate surface area is 120 Å². The molecule has 1 aromatic rings. The van der Waals surface area contributed by atoms with Gasteiger partial charge in [0.1, 0.15) is 0 Å². The molecule has 1 saturated carbocycles. The molecule has 0 bridgehead atoms. The van der Waals surface area contributed by atoms with Crippen LogP contribution in [0.4, 0.5) is 4.79 Å². The summed E-state index contributed by atoms with van der Waals surface area (Å²) < 4.78 is 7.66. The largest absolute Gasteiger partial charge is 0.436 e. The summed E-state index contributed by atoms with van der Waals surface area (Å²) in [6.45, 7) is 6.05. The van der Waals surface area contributed by atoms with Gasteiger partial charge in [-0.3, -0.25) is 4.68 Å². The Kier molecular flexibility index (Phi) is 4.06. The zero-order chi connectivity index (χ0) is 14.8. The average Bonchev–Trinajstić information content (AvgIpc) is 2.98. The standard InChI is InChI=1S/C15H25N3O2/c1-5-14(2,3)17-13(19)20-15(9-6-7-10-15)12-8-11-16-18(12)4/h8,11H,5-7,9-10H2,1-4H3,(H,17,19). The van der Waals surface area contributed by atoms with Gasteiger partial charge in [0.05, 0.1) is 5.69 Å². The van der Waals surface area contributed by atoms with Crippen LogP contribution in [0.15, 0.2) is 12.3 Å². The first-order valence-electron chi connectivity index (χ1n) is 7.38. The zero-order valence-corrected chi connectivity index (χ0v) is 12.9. The quantitative estimate of drug-likeness (QED) is 0.921. The van der Waals surface area contributed by atoms with E-state index in [2.05, 4.69) is 10.4 Å². The van der Waals surface area contributed by atoms with Crippen molar-refractivity contribution in [3.63, 3.8) is 0 Å². The molecule has 1 amide bonds. The number of hydrogen-bond acceptors (Lipinski definition) is 3. The summed E-state index contributed by atoms with van der Waals surface area (Å²) in [5.41, 5.74) is 0.224. The van der Waals surface area contributed by atoms with Gasteiger partial charge in [-0.05, 0) is 52.0 Å². The highest BCUT2D eigenvalue weighted by atomic mass is 16.6. The van der Waals surface area contributed by atoms with Crippen LogP contribution in [-0.2, 0) is 17.4 Å². The summed E-state index contributed by atoms with van der Waals surface area (Å²) in [7, 11) is 1.90. The Bertz CT molecular complexity index is 473. The van der Waals surface area contributed by atoms with E-state index in [4.69, 9.17) is 4.74 Å². The molecule has 1 aromatic heterocycles. The van der Waals surface area contributed by atoms with Crippen molar-refractivity contribution in [3.05, 3.63) is 18.0 Å². The van der Waals surface area contributed by atoms with Crippen molar-refractivity contribution in [3.8, 4) is 0 Å². The van der Waals surface area contributed by atoms with Gasteiger partial charge in [0, 0.05) is 18.8 Å². The third kappa shape index (κ3) is 2.97. The maximum Gasteiger partial charge on any atom is 0.408 e. The van der Waals surface area contributed by atoms with Crippen molar-refractivity contribution in [2.75, 3.05) is 0 Å². The first kappa shape index (κ1) is 14.9. The van der Waals surface area contributed by atoms with E-state index >= 15 is 0 Å². The summed E-state index contributed by atoms with van der Waals surface area (Å²) >= 11 is 0. The second kappa shape index (κ2) is 5.46. The number of ether oxygens (including phenoxy) is 1. The Morgan fingerprint density at radius 2 is 2.15 bits per heavy atom. The van der Waals surface area contributed by atoms with Gasteiger partial charge in [-0.25, -0.2) is 4.79 Å². The molecule has 1 N–H and O–H groups in total. The van der Waals surface area contributed by atoms with Crippen LogP contribution in [0.1, 0.15) is 58.6 Å². The minimum Gasteiger partial charge on any atom is -0.436 e. The molecule has 1 heterocycles. The summed E-state index contributed by atoms with van der Waals surface area (Å²) in [5, 5.41) is 7.16. The van der Waals surface area contributed by atoms with Crippen molar-refractivity contribution < 1.29 is 9.53 Å². The second-order valence-corrected chi connectivity index (χ2v) is 6.29. The van der Waals surface area contributed by atoms with Gasteiger partial charge in [0.2, 0.25) is 0 Å². The molecule has 1 fully saturated rings. The van der Waals surface area contributed by atoms with Crippen LogP contribution in [0.5, 0.6) is 0 Å². The fourth-order valence-electron chi connectivity index (χ4n) is 2.74. The topological polar surface area (TPSA) is 56.1 Å². The van der Waals surface area contributed by atoms with Gasteiger partial charge in [0.15, 0.2) is 5.60 Å². The Hall–Kier alpha value is -1.52.